The molecule has 1 saturated carbocycles. The van der Waals surface area contributed by atoms with Gasteiger partial charge in [-0.05, 0) is 38.8 Å². The van der Waals surface area contributed by atoms with Crippen LogP contribution in [0.3, 0.4) is 0 Å². The quantitative estimate of drug-likeness (QED) is 0.774. The second kappa shape index (κ2) is 5.22. The van der Waals surface area contributed by atoms with Crippen molar-refractivity contribution in [1.29, 1.82) is 0 Å². The van der Waals surface area contributed by atoms with Crippen LogP contribution in [0.1, 0.15) is 36.0 Å². The Morgan fingerprint density at radius 1 is 1.17 bits per heavy atom. The van der Waals surface area contributed by atoms with E-state index in [1.165, 1.54) is 18.4 Å². The third-order valence-electron chi connectivity index (χ3n) is 4.40. The van der Waals surface area contributed by atoms with Gasteiger partial charge in [0.15, 0.2) is 0 Å². The minimum atomic E-state index is 0.297. The van der Waals surface area contributed by atoms with Crippen LogP contribution in [0.25, 0.3) is 11.0 Å². The SMILES string of the molecule is Cc1nc(N)nc(NCc2nc3ccccc3n2C2CC2)c1C. The van der Waals surface area contributed by atoms with Gasteiger partial charge in [0.25, 0.3) is 0 Å². The third-order valence-corrected chi connectivity index (χ3v) is 4.40. The molecular formula is C17H20N6. The molecule has 0 aliphatic heterocycles. The van der Waals surface area contributed by atoms with Crippen molar-refractivity contribution in [2.45, 2.75) is 39.3 Å². The van der Waals surface area contributed by atoms with Crippen LogP contribution in [0.4, 0.5) is 11.8 Å². The van der Waals surface area contributed by atoms with E-state index in [0.717, 1.165) is 28.4 Å². The van der Waals surface area contributed by atoms with Crippen LogP contribution in [0.2, 0.25) is 0 Å². The van der Waals surface area contributed by atoms with E-state index in [9.17, 15) is 0 Å². The Hall–Kier alpha value is -2.63. The van der Waals surface area contributed by atoms with Gasteiger partial charge < -0.3 is 15.6 Å². The van der Waals surface area contributed by atoms with E-state index in [1.807, 2.05) is 19.9 Å². The molecule has 2 aromatic heterocycles. The summed E-state index contributed by atoms with van der Waals surface area (Å²) < 4.78 is 2.36. The van der Waals surface area contributed by atoms with Crippen LogP contribution < -0.4 is 11.1 Å². The lowest BCUT2D eigenvalue weighted by Crippen LogP contribution is -2.11. The van der Waals surface area contributed by atoms with Crippen molar-refractivity contribution < 1.29 is 0 Å². The second-order valence-electron chi connectivity index (χ2n) is 6.11. The molecule has 1 aliphatic rings. The molecule has 1 aliphatic carbocycles. The highest BCUT2D eigenvalue weighted by molar-refractivity contribution is 5.76. The van der Waals surface area contributed by atoms with Gasteiger partial charge in [-0.15, -0.1) is 0 Å². The maximum Gasteiger partial charge on any atom is 0.222 e. The summed E-state index contributed by atoms with van der Waals surface area (Å²) in [5.41, 5.74) is 9.94. The van der Waals surface area contributed by atoms with Crippen LogP contribution in [0, 0.1) is 13.8 Å². The van der Waals surface area contributed by atoms with Gasteiger partial charge in [0, 0.05) is 17.3 Å². The summed E-state index contributed by atoms with van der Waals surface area (Å²) in [6, 6.07) is 8.89. The number of nitrogens with two attached hydrogens (primary N) is 1. The molecule has 0 unspecified atom stereocenters. The fourth-order valence-corrected chi connectivity index (χ4v) is 2.94. The standard InChI is InChI=1S/C17H20N6/c1-10-11(2)20-17(18)22-16(10)19-9-15-21-13-5-3-4-6-14(13)23(15)12-7-8-12/h3-6,12H,7-9H2,1-2H3,(H3,18,19,20,22). The van der Waals surface area contributed by atoms with Gasteiger partial charge in [-0.1, -0.05) is 12.1 Å². The van der Waals surface area contributed by atoms with Crippen molar-refractivity contribution in [2.24, 2.45) is 0 Å². The highest BCUT2D eigenvalue weighted by atomic mass is 15.2. The van der Waals surface area contributed by atoms with Crippen LogP contribution in [0.15, 0.2) is 24.3 Å². The number of nitrogens with zero attached hydrogens (tertiary/aromatic N) is 4. The first kappa shape index (κ1) is 14.0. The number of rotatable bonds is 4. The molecule has 1 aromatic carbocycles. The smallest absolute Gasteiger partial charge is 0.222 e. The molecule has 1 fully saturated rings. The topological polar surface area (TPSA) is 81.7 Å². The fraction of sp³-hybridized carbons (Fsp3) is 0.353. The zero-order valence-corrected chi connectivity index (χ0v) is 13.4. The Morgan fingerprint density at radius 2 is 1.96 bits per heavy atom. The van der Waals surface area contributed by atoms with Crippen molar-refractivity contribution in [3.63, 3.8) is 0 Å². The highest BCUT2D eigenvalue weighted by Crippen LogP contribution is 2.38. The van der Waals surface area contributed by atoms with E-state index in [4.69, 9.17) is 10.7 Å². The molecule has 23 heavy (non-hydrogen) atoms. The Bertz CT molecular complexity index is 878. The Balaban J connectivity index is 1.67. The molecule has 4 rings (SSSR count). The summed E-state index contributed by atoms with van der Waals surface area (Å²) >= 11 is 0. The molecule has 6 heteroatoms. The number of nitrogen functional groups attached to an aromatic ring is 1. The highest BCUT2D eigenvalue weighted by Gasteiger charge is 2.28. The lowest BCUT2D eigenvalue weighted by Gasteiger charge is -2.12. The van der Waals surface area contributed by atoms with E-state index in [1.54, 1.807) is 0 Å². The minimum absolute atomic E-state index is 0.297. The zero-order valence-electron chi connectivity index (χ0n) is 13.4. The van der Waals surface area contributed by atoms with Gasteiger partial charge >= 0.3 is 0 Å². The van der Waals surface area contributed by atoms with Gasteiger partial charge in [0.05, 0.1) is 17.6 Å². The lowest BCUT2D eigenvalue weighted by molar-refractivity contribution is 0.710. The molecule has 6 nitrogen and oxygen atoms in total. The van der Waals surface area contributed by atoms with Crippen molar-refractivity contribution in [1.82, 2.24) is 19.5 Å². The van der Waals surface area contributed by atoms with Crippen molar-refractivity contribution in [3.05, 3.63) is 41.3 Å². The lowest BCUT2D eigenvalue weighted by atomic mass is 10.2. The molecule has 0 saturated heterocycles. The van der Waals surface area contributed by atoms with Crippen LogP contribution in [0.5, 0.6) is 0 Å². The Labute approximate surface area is 134 Å². The molecule has 3 aromatic rings. The summed E-state index contributed by atoms with van der Waals surface area (Å²) in [5, 5.41) is 3.38. The third kappa shape index (κ3) is 2.50. The van der Waals surface area contributed by atoms with E-state index in [0.29, 0.717) is 18.5 Å². The molecule has 0 radical (unpaired) electrons. The summed E-state index contributed by atoms with van der Waals surface area (Å²) in [6.45, 7) is 4.57. The monoisotopic (exact) mass is 308 g/mol. The van der Waals surface area contributed by atoms with Crippen molar-refractivity contribution in [3.8, 4) is 0 Å². The number of fused-ring (bicyclic) bond motifs is 1. The fourth-order valence-electron chi connectivity index (χ4n) is 2.94. The number of aryl methyl sites for hydroxylation is 1. The summed E-state index contributed by atoms with van der Waals surface area (Å²) in [7, 11) is 0. The molecule has 0 amide bonds. The largest absolute Gasteiger partial charge is 0.368 e. The number of nitrogens with one attached hydrogen (secondary N) is 1. The maximum atomic E-state index is 5.76. The molecule has 3 N–H and O–H groups in total. The van der Waals surface area contributed by atoms with Gasteiger partial charge in [0.1, 0.15) is 11.6 Å². The number of anilines is 2. The van der Waals surface area contributed by atoms with Crippen molar-refractivity contribution >= 4 is 22.8 Å². The van der Waals surface area contributed by atoms with Crippen LogP contribution >= 0.6 is 0 Å². The molecule has 118 valence electrons. The molecule has 2 heterocycles. The second-order valence-corrected chi connectivity index (χ2v) is 6.11. The van der Waals surface area contributed by atoms with E-state index >= 15 is 0 Å². The van der Waals surface area contributed by atoms with Gasteiger partial charge in [-0.2, -0.15) is 4.98 Å². The zero-order chi connectivity index (χ0) is 16.0. The van der Waals surface area contributed by atoms with E-state index in [2.05, 4.69) is 38.1 Å². The predicted molar refractivity (Wildman–Crippen MR) is 91.2 cm³/mol. The van der Waals surface area contributed by atoms with Gasteiger partial charge in [-0.3, -0.25) is 0 Å². The van der Waals surface area contributed by atoms with Crippen molar-refractivity contribution in [2.75, 3.05) is 11.1 Å². The summed E-state index contributed by atoms with van der Waals surface area (Å²) in [6.07, 6.45) is 2.46. The summed E-state index contributed by atoms with van der Waals surface area (Å²) in [5.74, 6) is 2.12. The molecule has 0 atom stereocenters. The number of aromatic nitrogens is 4. The first-order valence-electron chi connectivity index (χ1n) is 7.94. The van der Waals surface area contributed by atoms with E-state index < -0.39 is 0 Å². The average Bonchev–Trinajstić information content (AvgIpc) is 3.30. The average molecular weight is 308 g/mol. The predicted octanol–water partition coefficient (Wildman–Crippen LogP) is 2.97. The van der Waals surface area contributed by atoms with Gasteiger partial charge in [0.2, 0.25) is 5.95 Å². The van der Waals surface area contributed by atoms with Crippen LogP contribution in [-0.4, -0.2) is 19.5 Å². The maximum absolute atomic E-state index is 5.76. The normalized spacial score (nSPS) is 14.3. The molecular weight excluding hydrogens is 288 g/mol. The van der Waals surface area contributed by atoms with E-state index in [-0.39, 0.29) is 0 Å². The summed E-state index contributed by atoms with van der Waals surface area (Å²) in [4.78, 5) is 13.3. The minimum Gasteiger partial charge on any atom is -0.368 e. The van der Waals surface area contributed by atoms with Crippen LogP contribution in [-0.2, 0) is 6.54 Å². The number of hydrogen-bond acceptors (Lipinski definition) is 5. The first-order valence-corrected chi connectivity index (χ1v) is 7.94. The number of hydrogen-bond donors (Lipinski definition) is 2. The first-order chi connectivity index (χ1) is 11.1. The Kier molecular flexibility index (Phi) is 3.18. The number of para-hydroxylation sites is 2. The number of imidazole rings is 1. The molecule has 0 bridgehead atoms. The Morgan fingerprint density at radius 3 is 2.74 bits per heavy atom. The number of benzene rings is 1. The molecule has 0 spiro atoms. The van der Waals surface area contributed by atoms with Gasteiger partial charge in [-0.25, -0.2) is 9.97 Å².